The van der Waals surface area contributed by atoms with Crippen molar-refractivity contribution < 1.29 is 34.9 Å². The van der Waals surface area contributed by atoms with Gasteiger partial charge in [-0.05, 0) is 0 Å². The topological polar surface area (TPSA) is 84.0 Å². The Morgan fingerprint density at radius 2 is 0.738 bits per heavy atom. The summed E-state index contributed by atoms with van der Waals surface area (Å²) in [6, 6.07) is 32.8. The van der Waals surface area contributed by atoms with Crippen LogP contribution in [0.25, 0.3) is 21.5 Å². The van der Waals surface area contributed by atoms with Gasteiger partial charge in [-0.15, -0.1) is 0 Å². The number of amidine groups is 4. The Labute approximate surface area is 257 Å². The maximum atomic E-state index is 5.20. The van der Waals surface area contributed by atoms with Crippen molar-refractivity contribution in [2.45, 2.75) is 0 Å². The molecule has 4 aliphatic heterocycles. The fourth-order valence-electron chi connectivity index (χ4n) is 5.84. The van der Waals surface area contributed by atoms with Crippen molar-refractivity contribution in [1.82, 2.24) is 7.17 Å². The van der Waals surface area contributed by atoms with E-state index >= 15 is 0 Å². The molecule has 42 heavy (non-hydrogen) atoms. The average Bonchev–Trinajstić information content (AvgIpc) is 3.72. The fraction of sp³-hybridized carbons (Fsp3) is 0. The Kier molecular flexibility index (Phi) is 4.97. The van der Waals surface area contributed by atoms with E-state index in [1.165, 1.54) is 0 Å². The molecule has 10 rings (SSSR count). The van der Waals surface area contributed by atoms with E-state index in [-0.39, 0.29) is 19.5 Å². The Morgan fingerprint density at radius 3 is 1.17 bits per heavy atom. The van der Waals surface area contributed by atoms with Gasteiger partial charge >= 0.3 is 239 Å². The number of rotatable bonds is 0. The number of benzene rings is 4. The summed E-state index contributed by atoms with van der Waals surface area (Å²) < 4.78 is 4.13. The summed E-state index contributed by atoms with van der Waals surface area (Å²) in [7, 11) is 0. The fourth-order valence-corrected chi connectivity index (χ4v) is 7.03. The molecule has 0 amide bonds. The summed E-state index contributed by atoms with van der Waals surface area (Å²) in [5, 5.41) is 3.92. The predicted octanol–water partition coefficient (Wildman–Crippen LogP) is 4.85. The zero-order chi connectivity index (χ0) is 26.7. The molecule has 2 aromatic heterocycles. The zero-order valence-corrected chi connectivity index (χ0v) is 25.7. The van der Waals surface area contributed by atoms with Crippen LogP contribution >= 0.6 is 0 Å². The molecular weight excluding hydrogens is 625 g/mol. The molecule has 0 aliphatic carbocycles. The SMILES string of the molecule is [Zn].c1ccc2c(c1)C1=NC/2=N\c2c3ccccc3c3[n]2[Cu][n]2/c(c4ccccc4/c2=N/C2=N\C(=N/3)c3ccccc32)=N\1. The van der Waals surface area contributed by atoms with E-state index in [1.54, 1.807) is 15.4 Å². The van der Waals surface area contributed by atoms with Crippen molar-refractivity contribution in [3.8, 4) is 0 Å². The summed E-state index contributed by atoms with van der Waals surface area (Å²) in [6.45, 7) is 0. The van der Waals surface area contributed by atoms with Crippen molar-refractivity contribution in [3.05, 3.63) is 130 Å². The molecule has 4 aliphatic rings. The number of hydrogen-bond acceptors (Lipinski definition) is 6. The van der Waals surface area contributed by atoms with Gasteiger partial charge in [0, 0.05) is 19.5 Å². The van der Waals surface area contributed by atoms with Gasteiger partial charge in [-0.2, -0.15) is 0 Å². The Hall–Kier alpha value is -4.62. The van der Waals surface area contributed by atoms with Gasteiger partial charge in [0.1, 0.15) is 0 Å². The van der Waals surface area contributed by atoms with Crippen LogP contribution in [0.5, 0.6) is 0 Å². The second kappa shape index (κ2) is 8.69. The first-order valence-electron chi connectivity index (χ1n) is 13.2. The molecule has 6 heterocycles. The molecule has 6 bridgehead atoms. The van der Waals surface area contributed by atoms with Gasteiger partial charge in [0.2, 0.25) is 0 Å². The number of hydrogen-bond donors (Lipinski definition) is 0. The third-order valence-corrected chi connectivity index (χ3v) is 8.88. The van der Waals surface area contributed by atoms with E-state index in [1.807, 2.05) is 48.5 Å². The van der Waals surface area contributed by atoms with Crippen molar-refractivity contribution >= 4 is 56.5 Å². The molecular formula is C32H16CuN8Zn. The van der Waals surface area contributed by atoms with Crippen LogP contribution in [-0.2, 0) is 34.9 Å². The van der Waals surface area contributed by atoms with Crippen molar-refractivity contribution in [3.63, 3.8) is 0 Å². The first-order valence-corrected chi connectivity index (χ1v) is 14.0. The third-order valence-electron chi connectivity index (χ3n) is 7.71. The minimum atomic E-state index is 0. The Morgan fingerprint density at radius 1 is 0.381 bits per heavy atom. The van der Waals surface area contributed by atoms with Crippen LogP contribution in [0.15, 0.2) is 127 Å². The second-order valence-corrected chi connectivity index (χ2v) is 11.0. The molecule has 6 aromatic rings. The van der Waals surface area contributed by atoms with Gasteiger partial charge < -0.3 is 0 Å². The molecule has 10 heteroatoms. The van der Waals surface area contributed by atoms with Crippen LogP contribution in [0, 0.1) is 0 Å². The van der Waals surface area contributed by atoms with Crippen molar-refractivity contribution in [2.24, 2.45) is 30.0 Å². The summed E-state index contributed by atoms with van der Waals surface area (Å²) in [6.07, 6.45) is 0. The molecule has 0 unspecified atom stereocenters. The molecule has 0 saturated carbocycles. The van der Waals surface area contributed by atoms with E-state index in [2.05, 4.69) is 55.7 Å². The number of fused-ring (bicyclic) bond motifs is 14. The number of aliphatic imine (C=N–C) groups is 4. The Bertz CT molecular complexity index is 2300. The summed E-state index contributed by atoms with van der Waals surface area (Å²) >= 11 is 1.62. The molecule has 0 saturated heterocycles. The van der Waals surface area contributed by atoms with Crippen LogP contribution in [0.3, 0.4) is 0 Å². The van der Waals surface area contributed by atoms with Gasteiger partial charge in [-0.1, -0.05) is 0 Å². The van der Waals surface area contributed by atoms with E-state index in [0.717, 1.165) is 66.4 Å². The van der Waals surface area contributed by atoms with E-state index in [0.29, 0.717) is 23.3 Å². The second-order valence-electron chi connectivity index (χ2n) is 10.00. The summed E-state index contributed by atoms with van der Waals surface area (Å²) in [5.74, 6) is 4.04. The van der Waals surface area contributed by atoms with Gasteiger partial charge in [-0.3, -0.25) is 0 Å². The predicted molar refractivity (Wildman–Crippen MR) is 155 cm³/mol. The Balaban J connectivity index is 0.00000250. The van der Waals surface area contributed by atoms with E-state index < -0.39 is 0 Å². The van der Waals surface area contributed by atoms with Crippen molar-refractivity contribution in [2.75, 3.05) is 0 Å². The molecule has 0 spiro atoms. The molecule has 0 atom stereocenters. The van der Waals surface area contributed by atoms with Crippen LogP contribution in [0.4, 0.5) is 11.6 Å². The normalized spacial score (nSPS) is 19.6. The van der Waals surface area contributed by atoms with Gasteiger partial charge in [0.05, 0.1) is 0 Å². The molecule has 0 fully saturated rings. The molecule has 8 nitrogen and oxygen atoms in total. The van der Waals surface area contributed by atoms with Crippen LogP contribution in [-0.4, -0.2) is 30.5 Å². The summed E-state index contributed by atoms with van der Waals surface area (Å²) in [4.78, 5) is 30.8. The van der Waals surface area contributed by atoms with Gasteiger partial charge in [0.25, 0.3) is 0 Å². The summed E-state index contributed by atoms with van der Waals surface area (Å²) in [5.41, 5.74) is 5.33. The first-order chi connectivity index (χ1) is 20.3. The third kappa shape index (κ3) is 3.14. The molecule has 4 aromatic carbocycles. The molecule has 197 valence electrons. The van der Waals surface area contributed by atoms with Gasteiger partial charge in [-0.25, -0.2) is 0 Å². The van der Waals surface area contributed by atoms with Crippen molar-refractivity contribution in [1.29, 1.82) is 0 Å². The van der Waals surface area contributed by atoms with Crippen LogP contribution in [0.1, 0.15) is 22.3 Å². The number of aromatic nitrogens is 2. The maximum absolute atomic E-state index is 5.20. The number of nitrogens with zero attached hydrogens (tertiary/aromatic N) is 8. The quantitative estimate of drug-likeness (QED) is 0.213. The van der Waals surface area contributed by atoms with Gasteiger partial charge in [0.15, 0.2) is 0 Å². The zero-order valence-electron chi connectivity index (χ0n) is 21.8. The molecule has 0 radical (unpaired) electrons. The van der Waals surface area contributed by atoms with Crippen LogP contribution in [0.2, 0.25) is 0 Å². The van der Waals surface area contributed by atoms with Crippen LogP contribution < -0.4 is 11.0 Å². The van der Waals surface area contributed by atoms with E-state index in [4.69, 9.17) is 30.0 Å². The average molecular weight is 641 g/mol. The first kappa shape index (κ1) is 24.0. The standard InChI is InChI=1S/C32H16N8.Cu.Zn/c1-2-10-18-17(9-1)25-33-26(18)38-28-21-13-5-6-14-22(21)30(35-28)40-32-24-16-8-7-15-23(24)31(36-32)39-29-20-12-4-3-11-19(20)27(34-29)37-25;;/h1-16H;;/q-2;+2;. The van der Waals surface area contributed by atoms with E-state index in [9.17, 15) is 0 Å². The monoisotopic (exact) mass is 639 g/mol. The minimum absolute atomic E-state index is 0. The molecule has 0 N–H and O–H groups in total.